The van der Waals surface area contributed by atoms with Crippen molar-refractivity contribution in [2.45, 2.75) is 68.0 Å². The van der Waals surface area contributed by atoms with Crippen LogP contribution in [-0.4, -0.2) is 58.7 Å². The molecule has 2 aliphatic carbocycles. The van der Waals surface area contributed by atoms with Crippen LogP contribution in [0.1, 0.15) is 50.5 Å². The first kappa shape index (κ1) is 22.3. The average Bonchev–Trinajstić information content (AvgIpc) is 3.26. The number of hydrogen-bond donors (Lipinski definition) is 2. The highest BCUT2D eigenvalue weighted by atomic mass is 32.2. The molecule has 0 radical (unpaired) electrons. The molecule has 2 N–H and O–H groups in total. The molecule has 9 nitrogen and oxygen atoms in total. The molecule has 4 heterocycles. The molecule has 0 unspecified atom stereocenters. The molecule has 2 saturated carbocycles. The van der Waals surface area contributed by atoms with Crippen LogP contribution in [0.5, 0.6) is 0 Å². The summed E-state index contributed by atoms with van der Waals surface area (Å²) in [5.74, 6) is 0.299. The number of piperazine rings is 1. The second kappa shape index (κ2) is 7.90. The largest absolute Gasteiger partial charge is 0.364 e. The molecule has 1 saturated heterocycles. The van der Waals surface area contributed by atoms with Crippen LogP contribution in [-0.2, 0) is 10.0 Å². The number of sulfonamides is 1. The van der Waals surface area contributed by atoms with E-state index in [1.165, 1.54) is 6.20 Å². The zero-order chi connectivity index (χ0) is 23.7. The molecule has 3 aromatic heterocycles. The summed E-state index contributed by atoms with van der Waals surface area (Å²) >= 11 is 0.760. The maximum Gasteiger partial charge on any atom is 0.291 e. The Bertz CT molecular complexity index is 1350. The van der Waals surface area contributed by atoms with Gasteiger partial charge in [0.1, 0.15) is 4.90 Å². The summed E-state index contributed by atoms with van der Waals surface area (Å²) in [5.41, 5.74) is 1.07. The lowest BCUT2D eigenvalue weighted by Crippen LogP contribution is -2.55. The Kier molecular flexibility index (Phi) is 5.17. The summed E-state index contributed by atoms with van der Waals surface area (Å²) in [6.07, 6.45) is 5.24. The molecule has 6 rings (SSSR count). The van der Waals surface area contributed by atoms with Gasteiger partial charge in [0.2, 0.25) is 10.0 Å². The quantitative estimate of drug-likeness (QED) is 0.527. The van der Waals surface area contributed by atoms with E-state index in [1.807, 2.05) is 6.92 Å². The van der Waals surface area contributed by atoms with E-state index in [9.17, 15) is 17.2 Å². The summed E-state index contributed by atoms with van der Waals surface area (Å²) in [7, 11) is -3.81. The van der Waals surface area contributed by atoms with Gasteiger partial charge in [0.05, 0.1) is 17.4 Å². The van der Waals surface area contributed by atoms with Crippen molar-refractivity contribution in [2.75, 3.05) is 18.0 Å². The summed E-state index contributed by atoms with van der Waals surface area (Å²) in [4.78, 5) is 6.85. The van der Waals surface area contributed by atoms with Crippen molar-refractivity contribution in [3.8, 4) is 10.8 Å². The van der Waals surface area contributed by atoms with Crippen LogP contribution in [0.3, 0.4) is 0 Å². The van der Waals surface area contributed by atoms with Gasteiger partial charge in [0.15, 0.2) is 15.8 Å². The number of imidazole rings is 1. The monoisotopic (exact) mass is 509 g/mol. The van der Waals surface area contributed by atoms with Gasteiger partial charge in [-0.25, -0.2) is 26.9 Å². The third kappa shape index (κ3) is 3.78. The van der Waals surface area contributed by atoms with Crippen molar-refractivity contribution in [1.29, 1.82) is 0 Å². The van der Waals surface area contributed by atoms with Gasteiger partial charge in [0, 0.05) is 36.9 Å². The van der Waals surface area contributed by atoms with Crippen LogP contribution < -0.4 is 14.9 Å². The van der Waals surface area contributed by atoms with E-state index in [0.29, 0.717) is 17.4 Å². The van der Waals surface area contributed by atoms with Crippen molar-refractivity contribution >= 4 is 32.6 Å². The third-order valence-corrected chi connectivity index (χ3v) is 9.58. The van der Waals surface area contributed by atoms with Crippen LogP contribution in [0, 0.1) is 0 Å². The number of alkyl halides is 2. The van der Waals surface area contributed by atoms with E-state index in [4.69, 9.17) is 0 Å². The Morgan fingerprint density at radius 3 is 2.85 bits per heavy atom. The van der Waals surface area contributed by atoms with E-state index < -0.39 is 27.0 Å². The van der Waals surface area contributed by atoms with E-state index in [0.717, 1.165) is 62.2 Å². The highest BCUT2D eigenvalue weighted by molar-refractivity contribution is 7.89. The molecule has 0 aromatic carbocycles. The topological polar surface area (TPSA) is 105 Å². The summed E-state index contributed by atoms with van der Waals surface area (Å²) in [6.45, 7) is 3.43. The van der Waals surface area contributed by atoms with Crippen molar-refractivity contribution in [2.24, 2.45) is 0 Å². The number of nitrogens with zero attached hydrogens (tertiary/aromatic N) is 5. The van der Waals surface area contributed by atoms with Gasteiger partial charge in [-0.3, -0.25) is 4.40 Å². The van der Waals surface area contributed by atoms with E-state index in [1.54, 1.807) is 16.7 Å². The van der Waals surface area contributed by atoms with Gasteiger partial charge >= 0.3 is 0 Å². The number of pyridine rings is 1. The number of nitrogens with one attached hydrogen (secondary N) is 2. The lowest BCUT2D eigenvalue weighted by atomic mass is 10.1. The number of rotatable bonds is 6. The number of anilines is 1. The highest BCUT2D eigenvalue weighted by Crippen LogP contribution is 2.39. The first-order valence-corrected chi connectivity index (χ1v) is 13.7. The minimum atomic E-state index is -3.81. The molecular formula is C21H25F2N7O2S2. The molecule has 34 heavy (non-hydrogen) atoms. The fraction of sp³-hybridized carbons (Fsp3) is 0.571. The first-order chi connectivity index (χ1) is 16.2. The van der Waals surface area contributed by atoms with Crippen LogP contribution in [0.25, 0.3) is 16.3 Å². The van der Waals surface area contributed by atoms with Crippen LogP contribution in [0.15, 0.2) is 23.4 Å². The minimum absolute atomic E-state index is 0.119. The maximum atomic E-state index is 13.4. The number of halogens is 2. The summed E-state index contributed by atoms with van der Waals surface area (Å²) < 4.78 is 57.4. The predicted molar refractivity (Wildman–Crippen MR) is 124 cm³/mol. The fourth-order valence-electron chi connectivity index (χ4n) is 5.06. The fourth-order valence-corrected chi connectivity index (χ4v) is 7.24. The SMILES string of the molecule is CC1(NS(=O)(=O)c2cc(N3CCN[C@@H]4CCC[C@@H]43)c3cnc(-c4nnc(C(F)F)s4)n3c2)CC1. The van der Waals surface area contributed by atoms with Gasteiger partial charge in [0.25, 0.3) is 6.43 Å². The van der Waals surface area contributed by atoms with E-state index in [2.05, 4.69) is 30.1 Å². The molecule has 1 aliphatic heterocycles. The highest BCUT2D eigenvalue weighted by Gasteiger charge is 2.42. The summed E-state index contributed by atoms with van der Waals surface area (Å²) in [6, 6.07) is 2.34. The lowest BCUT2D eigenvalue weighted by molar-refractivity contribution is 0.150. The smallest absolute Gasteiger partial charge is 0.291 e. The first-order valence-electron chi connectivity index (χ1n) is 11.4. The van der Waals surface area contributed by atoms with Crippen molar-refractivity contribution < 1.29 is 17.2 Å². The second-order valence-corrected chi connectivity index (χ2v) is 12.3. The Labute approximate surface area is 199 Å². The Morgan fingerprint density at radius 1 is 1.29 bits per heavy atom. The average molecular weight is 510 g/mol. The van der Waals surface area contributed by atoms with Crippen LogP contribution in [0.2, 0.25) is 0 Å². The minimum Gasteiger partial charge on any atom is -0.364 e. The molecule has 0 amide bonds. The Balaban J connectivity index is 1.51. The maximum absolute atomic E-state index is 13.4. The molecule has 3 aliphatic rings. The normalized spacial score (nSPS) is 24.2. The second-order valence-electron chi connectivity index (χ2n) is 9.56. The predicted octanol–water partition coefficient (Wildman–Crippen LogP) is 2.95. The third-order valence-electron chi connectivity index (χ3n) is 7.05. The molecule has 3 fully saturated rings. The number of hydrogen-bond acceptors (Lipinski definition) is 8. The Morgan fingerprint density at radius 2 is 2.12 bits per heavy atom. The van der Waals surface area contributed by atoms with Gasteiger partial charge in [-0.2, -0.15) is 0 Å². The molecule has 3 aromatic rings. The summed E-state index contributed by atoms with van der Waals surface area (Å²) in [5, 5.41) is 10.9. The number of fused-ring (bicyclic) bond motifs is 2. The number of aromatic nitrogens is 4. The molecule has 2 atom stereocenters. The van der Waals surface area contributed by atoms with Gasteiger partial charge in [-0.05, 0) is 45.1 Å². The van der Waals surface area contributed by atoms with Gasteiger partial charge < -0.3 is 10.2 Å². The lowest BCUT2D eigenvalue weighted by Gasteiger charge is -2.40. The Hall–Kier alpha value is -2.22. The molecule has 0 spiro atoms. The van der Waals surface area contributed by atoms with E-state index >= 15 is 0 Å². The van der Waals surface area contributed by atoms with E-state index in [-0.39, 0.29) is 15.9 Å². The standard InChI is InChI=1S/C21H25F2N7O2S2/c1-21(5-6-21)28-34(31,32)12-9-15(29-8-7-24-13-3-2-4-14(13)29)16-10-25-18(30(16)11-12)20-27-26-19(33-20)17(22)23/h9-11,13-14,17,24,28H,2-8H2,1H3/t13-,14+/m1/s1. The van der Waals surface area contributed by atoms with Crippen molar-refractivity contribution in [3.63, 3.8) is 0 Å². The van der Waals surface area contributed by atoms with Crippen LogP contribution >= 0.6 is 11.3 Å². The van der Waals surface area contributed by atoms with Crippen molar-refractivity contribution in [3.05, 3.63) is 23.5 Å². The molecular weight excluding hydrogens is 484 g/mol. The molecule has 0 bridgehead atoms. The van der Waals surface area contributed by atoms with Gasteiger partial charge in [-0.1, -0.05) is 11.3 Å². The molecule has 13 heteroatoms. The molecule has 182 valence electrons. The van der Waals surface area contributed by atoms with Crippen LogP contribution in [0.4, 0.5) is 14.5 Å². The van der Waals surface area contributed by atoms with Gasteiger partial charge in [-0.15, -0.1) is 10.2 Å². The zero-order valence-electron chi connectivity index (χ0n) is 18.5. The van der Waals surface area contributed by atoms with Crippen molar-refractivity contribution in [1.82, 2.24) is 29.6 Å². The zero-order valence-corrected chi connectivity index (χ0v) is 20.2.